The third-order valence-electron chi connectivity index (χ3n) is 4.09. The summed E-state index contributed by atoms with van der Waals surface area (Å²) in [6.45, 7) is 0.786. The standard InChI is InChI=1S/C21H21NO2/c23-14-4-7-17-8-10-19(11-9-17)20-12-13-21(24)22(16-20)15-18-5-2-1-3-6-18/h1-3,5-6,8-13,16,23H,4,7,14-15H2. The molecule has 3 rings (SSSR count). The van der Waals surface area contributed by atoms with Crippen molar-refractivity contribution in [2.45, 2.75) is 19.4 Å². The molecule has 1 N–H and O–H groups in total. The number of rotatable bonds is 6. The molecule has 0 aliphatic carbocycles. The van der Waals surface area contributed by atoms with E-state index >= 15 is 0 Å². The lowest BCUT2D eigenvalue weighted by molar-refractivity contribution is 0.288. The van der Waals surface area contributed by atoms with Gasteiger partial charge in [-0.15, -0.1) is 0 Å². The fourth-order valence-electron chi connectivity index (χ4n) is 2.75. The lowest BCUT2D eigenvalue weighted by Crippen LogP contribution is -2.19. The summed E-state index contributed by atoms with van der Waals surface area (Å²) in [6.07, 6.45) is 3.57. The highest BCUT2D eigenvalue weighted by Gasteiger charge is 2.03. The van der Waals surface area contributed by atoms with E-state index < -0.39 is 0 Å². The molecular formula is C21H21NO2. The Morgan fingerprint density at radius 3 is 2.21 bits per heavy atom. The highest BCUT2D eigenvalue weighted by molar-refractivity contribution is 5.62. The first-order valence-corrected chi connectivity index (χ1v) is 8.21. The van der Waals surface area contributed by atoms with Crippen molar-refractivity contribution in [2.24, 2.45) is 0 Å². The van der Waals surface area contributed by atoms with Gasteiger partial charge in [0, 0.05) is 18.9 Å². The molecule has 0 radical (unpaired) electrons. The van der Waals surface area contributed by atoms with Gasteiger partial charge in [0.1, 0.15) is 0 Å². The second-order valence-corrected chi connectivity index (χ2v) is 5.89. The molecule has 122 valence electrons. The minimum Gasteiger partial charge on any atom is -0.396 e. The Bertz CT molecular complexity index is 836. The molecule has 1 aromatic heterocycles. The first-order chi connectivity index (χ1) is 11.8. The maximum absolute atomic E-state index is 12.1. The second kappa shape index (κ2) is 7.75. The first-order valence-electron chi connectivity index (χ1n) is 8.21. The molecule has 0 saturated carbocycles. The van der Waals surface area contributed by atoms with Crippen LogP contribution in [0.5, 0.6) is 0 Å². The number of hydrogen-bond acceptors (Lipinski definition) is 2. The maximum Gasteiger partial charge on any atom is 0.250 e. The predicted octanol–water partition coefficient (Wildman–Crippen LogP) is 3.49. The van der Waals surface area contributed by atoms with Crippen LogP contribution in [0.15, 0.2) is 77.7 Å². The monoisotopic (exact) mass is 319 g/mol. The zero-order chi connectivity index (χ0) is 16.8. The van der Waals surface area contributed by atoms with Crippen molar-refractivity contribution in [2.75, 3.05) is 6.61 Å². The van der Waals surface area contributed by atoms with Crippen LogP contribution in [0.3, 0.4) is 0 Å². The predicted molar refractivity (Wildman–Crippen MR) is 97.1 cm³/mol. The summed E-state index contributed by atoms with van der Waals surface area (Å²) in [4.78, 5) is 12.1. The Kier molecular flexibility index (Phi) is 5.24. The molecule has 0 saturated heterocycles. The zero-order valence-corrected chi connectivity index (χ0v) is 13.6. The molecule has 0 unspecified atom stereocenters. The molecule has 0 atom stereocenters. The third-order valence-corrected chi connectivity index (χ3v) is 4.09. The number of aliphatic hydroxyl groups is 1. The third kappa shape index (κ3) is 4.00. The first kappa shape index (κ1) is 16.2. The topological polar surface area (TPSA) is 42.2 Å². The minimum atomic E-state index is 0.00201. The zero-order valence-electron chi connectivity index (χ0n) is 13.6. The van der Waals surface area contributed by atoms with Gasteiger partial charge in [-0.05, 0) is 41.2 Å². The number of aromatic nitrogens is 1. The number of aryl methyl sites for hydroxylation is 1. The van der Waals surface area contributed by atoms with E-state index in [1.165, 1.54) is 5.56 Å². The molecule has 24 heavy (non-hydrogen) atoms. The van der Waals surface area contributed by atoms with E-state index in [1.54, 1.807) is 10.6 Å². The molecule has 3 nitrogen and oxygen atoms in total. The molecule has 1 heterocycles. The van der Waals surface area contributed by atoms with Crippen LogP contribution < -0.4 is 5.56 Å². The van der Waals surface area contributed by atoms with E-state index in [9.17, 15) is 4.79 Å². The number of benzene rings is 2. The number of pyridine rings is 1. The number of aliphatic hydroxyl groups excluding tert-OH is 1. The largest absolute Gasteiger partial charge is 0.396 e. The molecular weight excluding hydrogens is 298 g/mol. The molecule has 0 aliphatic heterocycles. The minimum absolute atomic E-state index is 0.00201. The summed E-state index contributed by atoms with van der Waals surface area (Å²) in [5.41, 5.74) is 4.44. The van der Waals surface area contributed by atoms with E-state index in [-0.39, 0.29) is 12.2 Å². The summed E-state index contributed by atoms with van der Waals surface area (Å²) in [6, 6.07) is 21.8. The molecule has 3 heteroatoms. The summed E-state index contributed by atoms with van der Waals surface area (Å²) < 4.78 is 1.74. The fraction of sp³-hybridized carbons (Fsp3) is 0.190. The van der Waals surface area contributed by atoms with Crippen LogP contribution in [-0.2, 0) is 13.0 Å². The van der Waals surface area contributed by atoms with Crippen molar-refractivity contribution in [3.8, 4) is 11.1 Å². The van der Waals surface area contributed by atoms with Gasteiger partial charge in [-0.25, -0.2) is 0 Å². The molecule has 2 aromatic carbocycles. The molecule has 0 fully saturated rings. The van der Waals surface area contributed by atoms with E-state index in [2.05, 4.69) is 24.3 Å². The molecule has 0 amide bonds. The highest BCUT2D eigenvalue weighted by Crippen LogP contribution is 2.19. The lowest BCUT2D eigenvalue weighted by Gasteiger charge is -2.09. The quantitative estimate of drug-likeness (QED) is 0.756. The summed E-state index contributed by atoms with van der Waals surface area (Å²) in [5.74, 6) is 0. The van der Waals surface area contributed by atoms with Crippen molar-refractivity contribution in [3.05, 3.63) is 94.4 Å². The summed E-state index contributed by atoms with van der Waals surface area (Å²) in [5, 5.41) is 8.91. The van der Waals surface area contributed by atoms with Gasteiger partial charge in [0.05, 0.1) is 6.54 Å². The van der Waals surface area contributed by atoms with Crippen LogP contribution in [0, 0.1) is 0 Å². The van der Waals surface area contributed by atoms with Gasteiger partial charge in [0.15, 0.2) is 0 Å². The van der Waals surface area contributed by atoms with E-state index in [4.69, 9.17) is 5.11 Å². The van der Waals surface area contributed by atoms with Crippen molar-refractivity contribution in [1.82, 2.24) is 4.57 Å². The average Bonchev–Trinajstić information content (AvgIpc) is 2.63. The van der Waals surface area contributed by atoms with Crippen LogP contribution in [-0.4, -0.2) is 16.3 Å². The molecule has 3 aromatic rings. The van der Waals surface area contributed by atoms with Crippen molar-refractivity contribution < 1.29 is 5.11 Å². The molecule has 0 bridgehead atoms. The fourth-order valence-corrected chi connectivity index (χ4v) is 2.75. The van der Waals surface area contributed by atoms with Crippen molar-refractivity contribution in [1.29, 1.82) is 0 Å². The Balaban J connectivity index is 1.84. The van der Waals surface area contributed by atoms with Crippen molar-refractivity contribution >= 4 is 0 Å². The van der Waals surface area contributed by atoms with Gasteiger partial charge in [-0.2, -0.15) is 0 Å². The average molecular weight is 319 g/mol. The normalized spacial score (nSPS) is 10.7. The van der Waals surface area contributed by atoms with Crippen molar-refractivity contribution in [3.63, 3.8) is 0 Å². The summed E-state index contributed by atoms with van der Waals surface area (Å²) in [7, 11) is 0. The van der Waals surface area contributed by atoms with Gasteiger partial charge in [0.25, 0.3) is 5.56 Å². The van der Waals surface area contributed by atoms with Gasteiger partial charge >= 0.3 is 0 Å². The van der Waals surface area contributed by atoms with Crippen LogP contribution in [0.1, 0.15) is 17.5 Å². The Morgan fingerprint density at radius 1 is 0.792 bits per heavy atom. The van der Waals surface area contributed by atoms with Crippen LogP contribution >= 0.6 is 0 Å². The number of nitrogens with zero attached hydrogens (tertiary/aromatic N) is 1. The number of hydrogen-bond donors (Lipinski definition) is 1. The van der Waals surface area contributed by atoms with Gasteiger partial charge in [-0.1, -0.05) is 54.6 Å². The van der Waals surface area contributed by atoms with Crippen LogP contribution in [0.25, 0.3) is 11.1 Å². The van der Waals surface area contributed by atoms with Gasteiger partial charge < -0.3 is 9.67 Å². The van der Waals surface area contributed by atoms with E-state index in [0.29, 0.717) is 6.54 Å². The maximum atomic E-state index is 12.1. The Labute approximate surface area is 141 Å². The second-order valence-electron chi connectivity index (χ2n) is 5.89. The molecule has 0 aliphatic rings. The van der Waals surface area contributed by atoms with E-state index in [0.717, 1.165) is 29.5 Å². The Morgan fingerprint density at radius 2 is 1.50 bits per heavy atom. The smallest absolute Gasteiger partial charge is 0.250 e. The van der Waals surface area contributed by atoms with Crippen LogP contribution in [0.4, 0.5) is 0 Å². The molecule has 0 spiro atoms. The van der Waals surface area contributed by atoms with E-state index in [1.807, 2.05) is 42.6 Å². The SMILES string of the molecule is O=c1ccc(-c2ccc(CCCO)cc2)cn1Cc1ccccc1. The van der Waals surface area contributed by atoms with Crippen LogP contribution in [0.2, 0.25) is 0 Å². The lowest BCUT2D eigenvalue weighted by atomic mass is 10.0. The van der Waals surface area contributed by atoms with Gasteiger partial charge in [0.2, 0.25) is 0 Å². The highest BCUT2D eigenvalue weighted by atomic mass is 16.2. The Hall–Kier alpha value is -2.65. The van der Waals surface area contributed by atoms with Gasteiger partial charge in [-0.3, -0.25) is 4.79 Å². The summed E-state index contributed by atoms with van der Waals surface area (Å²) >= 11 is 0.